The van der Waals surface area contributed by atoms with Gasteiger partial charge in [-0.15, -0.1) is 16.9 Å². The Morgan fingerprint density at radius 1 is 1.41 bits per heavy atom. The first-order valence-electron chi connectivity index (χ1n) is 7.07. The van der Waals surface area contributed by atoms with Gasteiger partial charge in [-0.1, -0.05) is 30.0 Å². The summed E-state index contributed by atoms with van der Waals surface area (Å²) < 4.78 is 3.83. The van der Waals surface area contributed by atoms with E-state index in [9.17, 15) is 9.90 Å². The average molecular weight is 337 g/mol. The van der Waals surface area contributed by atoms with Crippen LogP contribution in [0.3, 0.4) is 0 Å². The van der Waals surface area contributed by atoms with Crippen molar-refractivity contribution >= 4 is 29.2 Å². The zero-order valence-electron chi connectivity index (χ0n) is 12.6. The molecule has 2 rings (SSSR count). The van der Waals surface area contributed by atoms with Crippen LogP contribution in [0.5, 0.6) is 0 Å². The number of aliphatic hydroxyl groups is 1. The molecule has 0 radical (unpaired) electrons. The van der Waals surface area contributed by atoms with E-state index in [0.29, 0.717) is 4.88 Å². The first kappa shape index (κ1) is 16.9. The van der Waals surface area contributed by atoms with Gasteiger partial charge in [0.05, 0.1) is 11.8 Å². The van der Waals surface area contributed by atoms with Crippen LogP contribution in [0.1, 0.15) is 40.4 Å². The van der Waals surface area contributed by atoms with Crippen LogP contribution in [0, 0.1) is 0 Å². The number of aliphatic hydroxyl groups excluding tert-OH is 1. The summed E-state index contributed by atoms with van der Waals surface area (Å²) in [5.41, 5.74) is 1.51. The van der Waals surface area contributed by atoms with Gasteiger partial charge in [-0.05, 0) is 41.9 Å². The smallest absolute Gasteiger partial charge is 0.265 e. The van der Waals surface area contributed by atoms with Crippen LogP contribution in [0.25, 0.3) is 0 Å². The monoisotopic (exact) mass is 337 g/mol. The molecule has 2 aromatic rings. The first-order chi connectivity index (χ1) is 10.7. The van der Waals surface area contributed by atoms with Gasteiger partial charge in [0.25, 0.3) is 5.91 Å². The van der Waals surface area contributed by atoms with Gasteiger partial charge in [0.2, 0.25) is 0 Å². The highest BCUT2D eigenvalue weighted by molar-refractivity contribution is 7.98. The fraction of sp³-hybridized carbons (Fsp3) is 0.400. The lowest BCUT2D eigenvalue weighted by molar-refractivity contribution is 0.0919. The van der Waals surface area contributed by atoms with E-state index in [-0.39, 0.29) is 12.5 Å². The fourth-order valence-corrected chi connectivity index (χ4v) is 3.03. The van der Waals surface area contributed by atoms with Gasteiger partial charge >= 0.3 is 0 Å². The van der Waals surface area contributed by atoms with Gasteiger partial charge in [0.15, 0.2) is 0 Å². The van der Waals surface area contributed by atoms with Gasteiger partial charge < -0.3 is 10.4 Å². The Bertz CT molecular complexity index is 614. The topological polar surface area (TPSA) is 75.1 Å². The van der Waals surface area contributed by atoms with E-state index in [4.69, 9.17) is 0 Å². The van der Waals surface area contributed by atoms with E-state index in [1.54, 1.807) is 11.8 Å². The molecule has 0 aliphatic heterocycles. The normalized spacial score (nSPS) is 12.1. The Morgan fingerprint density at radius 2 is 2.14 bits per heavy atom. The predicted octanol–water partition coefficient (Wildman–Crippen LogP) is 2.68. The maximum Gasteiger partial charge on any atom is 0.265 e. The summed E-state index contributed by atoms with van der Waals surface area (Å²) in [7, 11) is 0. The molecule has 1 aromatic heterocycles. The lowest BCUT2D eigenvalue weighted by atomic mass is 10.1. The van der Waals surface area contributed by atoms with Crippen LogP contribution in [0.2, 0.25) is 0 Å². The molecule has 0 aliphatic carbocycles. The molecule has 5 nitrogen and oxygen atoms in total. The summed E-state index contributed by atoms with van der Waals surface area (Å²) in [6, 6.07) is 7.66. The first-order valence-corrected chi connectivity index (χ1v) is 9.07. The van der Waals surface area contributed by atoms with E-state index in [2.05, 4.69) is 14.9 Å². The van der Waals surface area contributed by atoms with Crippen LogP contribution in [-0.4, -0.2) is 33.4 Å². The van der Waals surface area contributed by atoms with Gasteiger partial charge in [-0.25, -0.2) is 0 Å². The van der Waals surface area contributed by atoms with E-state index in [1.807, 2.05) is 37.4 Å². The van der Waals surface area contributed by atoms with E-state index in [1.165, 1.54) is 0 Å². The number of carbonyl (C=O) groups excluding carboxylic acids is 1. The van der Waals surface area contributed by atoms with Gasteiger partial charge in [-0.2, -0.15) is 0 Å². The molecule has 1 atom stereocenters. The third kappa shape index (κ3) is 4.28. The minimum Gasteiger partial charge on any atom is -0.387 e. The highest BCUT2D eigenvalue weighted by Crippen LogP contribution is 2.19. The lowest BCUT2D eigenvalue weighted by Gasteiger charge is -2.12. The van der Waals surface area contributed by atoms with Crippen molar-refractivity contribution in [3.63, 3.8) is 0 Å². The van der Waals surface area contributed by atoms with Crippen molar-refractivity contribution in [2.24, 2.45) is 0 Å². The van der Waals surface area contributed by atoms with Crippen molar-refractivity contribution in [3.05, 3.63) is 40.4 Å². The average Bonchev–Trinajstić information content (AvgIpc) is 3.01. The predicted molar refractivity (Wildman–Crippen MR) is 89.4 cm³/mol. The molecular formula is C15H19N3O2S2. The second kappa shape index (κ2) is 8.26. The summed E-state index contributed by atoms with van der Waals surface area (Å²) in [6.45, 7) is 2.20. The van der Waals surface area contributed by atoms with Crippen molar-refractivity contribution in [2.45, 2.75) is 30.8 Å². The Labute approximate surface area is 138 Å². The maximum absolute atomic E-state index is 12.1. The number of benzene rings is 1. The number of hydrogen-bond donors (Lipinski definition) is 2. The quantitative estimate of drug-likeness (QED) is 0.760. The highest BCUT2D eigenvalue weighted by Gasteiger charge is 2.17. The van der Waals surface area contributed by atoms with E-state index < -0.39 is 6.10 Å². The second-order valence-corrected chi connectivity index (χ2v) is 6.43. The fourth-order valence-electron chi connectivity index (χ4n) is 2.00. The number of aryl methyl sites for hydroxylation is 1. The minimum atomic E-state index is -0.727. The Hall–Kier alpha value is -1.44. The number of thioether (sulfide) groups is 1. The molecule has 0 saturated heterocycles. The van der Waals surface area contributed by atoms with Crippen LogP contribution in [0.4, 0.5) is 0 Å². The van der Waals surface area contributed by atoms with Crippen molar-refractivity contribution < 1.29 is 9.90 Å². The van der Waals surface area contributed by atoms with Crippen LogP contribution in [0.15, 0.2) is 29.2 Å². The summed E-state index contributed by atoms with van der Waals surface area (Å²) in [5.74, 6) is -0.224. The summed E-state index contributed by atoms with van der Waals surface area (Å²) in [5, 5.41) is 16.9. The largest absolute Gasteiger partial charge is 0.387 e. The lowest BCUT2D eigenvalue weighted by Crippen LogP contribution is -2.28. The van der Waals surface area contributed by atoms with Crippen molar-refractivity contribution in [2.75, 3.05) is 12.8 Å². The zero-order chi connectivity index (χ0) is 15.9. The van der Waals surface area contributed by atoms with Crippen molar-refractivity contribution in [1.29, 1.82) is 0 Å². The van der Waals surface area contributed by atoms with E-state index >= 15 is 0 Å². The summed E-state index contributed by atoms with van der Waals surface area (Å²) in [6.07, 6.45) is 2.92. The number of aromatic nitrogens is 2. The van der Waals surface area contributed by atoms with Crippen LogP contribution < -0.4 is 5.32 Å². The number of amides is 1. The van der Waals surface area contributed by atoms with Gasteiger partial charge in [0.1, 0.15) is 4.88 Å². The molecule has 7 heteroatoms. The number of nitrogens with one attached hydrogen (secondary N) is 1. The van der Waals surface area contributed by atoms with E-state index in [0.717, 1.165) is 40.5 Å². The molecule has 0 aliphatic rings. The van der Waals surface area contributed by atoms with Crippen LogP contribution >= 0.6 is 23.3 Å². The van der Waals surface area contributed by atoms with Gasteiger partial charge in [-0.3, -0.25) is 4.79 Å². The SMILES string of the molecule is CCCc1nnsc1C(=O)NC[C@@H](O)c1ccc(SC)cc1. The number of hydrogen-bond acceptors (Lipinski definition) is 6. The minimum absolute atomic E-state index is 0.168. The summed E-state index contributed by atoms with van der Waals surface area (Å²) >= 11 is 2.74. The number of nitrogens with zero attached hydrogens (tertiary/aromatic N) is 2. The third-order valence-corrected chi connectivity index (χ3v) is 4.72. The molecule has 22 heavy (non-hydrogen) atoms. The molecule has 0 saturated carbocycles. The van der Waals surface area contributed by atoms with Crippen molar-refractivity contribution in [3.8, 4) is 0 Å². The summed E-state index contributed by atoms with van der Waals surface area (Å²) in [4.78, 5) is 13.8. The zero-order valence-corrected chi connectivity index (χ0v) is 14.2. The highest BCUT2D eigenvalue weighted by atomic mass is 32.2. The second-order valence-electron chi connectivity index (χ2n) is 4.80. The van der Waals surface area contributed by atoms with Crippen LogP contribution in [-0.2, 0) is 6.42 Å². The molecular weight excluding hydrogens is 318 g/mol. The molecule has 1 amide bonds. The molecule has 2 N–H and O–H groups in total. The molecule has 1 heterocycles. The number of rotatable bonds is 7. The number of carbonyl (C=O) groups is 1. The molecule has 0 bridgehead atoms. The van der Waals surface area contributed by atoms with Gasteiger partial charge in [0, 0.05) is 11.4 Å². The Balaban J connectivity index is 1.93. The Kier molecular flexibility index (Phi) is 6.35. The molecule has 118 valence electrons. The third-order valence-electron chi connectivity index (χ3n) is 3.21. The van der Waals surface area contributed by atoms with Crippen molar-refractivity contribution in [1.82, 2.24) is 14.9 Å². The Morgan fingerprint density at radius 3 is 2.77 bits per heavy atom. The maximum atomic E-state index is 12.1. The molecule has 0 fully saturated rings. The molecule has 1 aromatic carbocycles. The molecule has 0 spiro atoms. The standard InChI is InChI=1S/C15H19N3O2S2/c1-3-4-12-14(22-18-17-12)15(20)16-9-13(19)10-5-7-11(21-2)8-6-10/h5-8,13,19H,3-4,9H2,1-2H3,(H,16,20)/t13-/m1/s1. The molecule has 0 unspecified atom stereocenters.